The van der Waals surface area contributed by atoms with Gasteiger partial charge in [0.25, 0.3) is 5.91 Å². The molecule has 0 bridgehead atoms. The number of hydrazine groups is 1. The van der Waals surface area contributed by atoms with E-state index in [0.717, 1.165) is 17.7 Å². The molecule has 2 unspecified atom stereocenters. The molecule has 2 fully saturated rings. The van der Waals surface area contributed by atoms with Crippen molar-refractivity contribution in [2.24, 2.45) is 0 Å². The molecule has 0 aromatic heterocycles. The Morgan fingerprint density at radius 1 is 0.967 bits per heavy atom. The van der Waals surface area contributed by atoms with Gasteiger partial charge in [-0.25, -0.2) is 19.6 Å². The first-order chi connectivity index (χ1) is 14.5. The van der Waals surface area contributed by atoms with Gasteiger partial charge in [0.15, 0.2) is 11.6 Å². The van der Waals surface area contributed by atoms with Gasteiger partial charge in [0.2, 0.25) is 5.91 Å². The summed E-state index contributed by atoms with van der Waals surface area (Å²) in [5, 5.41) is 2.85. The molecule has 158 valence electrons. The number of nitrogens with one attached hydrogen (secondary N) is 3. The molecule has 4 rings (SSSR count). The van der Waals surface area contributed by atoms with E-state index in [-0.39, 0.29) is 29.6 Å². The smallest absolute Gasteiger partial charge is 0.251 e. The van der Waals surface area contributed by atoms with E-state index < -0.39 is 17.5 Å². The number of nitrogens with zero attached hydrogens (tertiary/aromatic N) is 1. The molecule has 6 nitrogen and oxygen atoms in total. The molecule has 2 atom stereocenters. The second kappa shape index (κ2) is 8.89. The van der Waals surface area contributed by atoms with E-state index in [1.165, 1.54) is 6.07 Å². The average Bonchev–Trinajstić information content (AvgIpc) is 3.26. The Bertz CT molecular complexity index is 917. The Hall–Kier alpha value is -2.84. The molecule has 2 aliphatic rings. The first-order valence-corrected chi connectivity index (χ1v) is 10.1. The number of hydrogen-bond donors (Lipinski definition) is 3. The normalized spacial score (nSPS) is 22.1. The highest BCUT2D eigenvalue weighted by molar-refractivity contribution is 5.94. The Labute approximate surface area is 173 Å². The zero-order valence-electron chi connectivity index (χ0n) is 16.4. The summed E-state index contributed by atoms with van der Waals surface area (Å²) in [7, 11) is 0. The highest BCUT2D eigenvalue weighted by atomic mass is 19.2. The molecule has 2 saturated heterocycles. The van der Waals surface area contributed by atoms with Crippen LogP contribution in [0.1, 0.15) is 41.2 Å². The summed E-state index contributed by atoms with van der Waals surface area (Å²) in [6.45, 7) is 1.07. The van der Waals surface area contributed by atoms with E-state index in [9.17, 15) is 18.4 Å². The van der Waals surface area contributed by atoms with Crippen LogP contribution in [0.3, 0.4) is 0 Å². The zero-order valence-corrected chi connectivity index (χ0v) is 16.4. The van der Waals surface area contributed by atoms with Crippen LogP contribution in [0.2, 0.25) is 0 Å². The van der Waals surface area contributed by atoms with Gasteiger partial charge in [0, 0.05) is 30.7 Å². The van der Waals surface area contributed by atoms with E-state index in [4.69, 9.17) is 0 Å². The molecular weight excluding hydrogens is 390 g/mol. The molecule has 3 N–H and O–H groups in total. The van der Waals surface area contributed by atoms with E-state index >= 15 is 0 Å². The van der Waals surface area contributed by atoms with Gasteiger partial charge in [0.1, 0.15) is 6.04 Å². The van der Waals surface area contributed by atoms with Crippen LogP contribution >= 0.6 is 0 Å². The van der Waals surface area contributed by atoms with Crippen LogP contribution in [-0.4, -0.2) is 41.9 Å². The number of hydrogen-bond acceptors (Lipinski definition) is 4. The van der Waals surface area contributed by atoms with Crippen LogP contribution in [0.15, 0.2) is 48.5 Å². The molecule has 0 saturated carbocycles. The standard InChI is InChI=1S/C22H24F2N4O2/c23-17-7-6-15(12-18(17)24)21(29)25-16-8-10-28(11-9-16)22(30)20-13-19(26-27-20)14-4-2-1-3-5-14/h1-7,12,16,19-20,26-27H,8-11,13H2,(H,25,29). The molecule has 0 radical (unpaired) electrons. The van der Waals surface area contributed by atoms with Crippen molar-refractivity contribution in [3.63, 3.8) is 0 Å². The predicted octanol–water partition coefficient (Wildman–Crippen LogP) is 2.29. The van der Waals surface area contributed by atoms with Crippen LogP contribution < -0.4 is 16.2 Å². The van der Waals surface area contributed by atoms with Crippen LogP contribution in [0, 0.1) is 11.6 Å². The van der Waals surface area contributed by atoms with Crippen molar-refractivity contribution in [2.75, 3.05) is 13.1 Å². The van der Waals surface area contributed by atoms with E-state index in [2.05, 4.69) is 16.2 Å². The number of benzene rings is 2. The minimum Gasteiger partial charge on any atom is -0.349 e. The highest BCUT2D eigenvalue weighted by Crippen LogP contribution is 2.24. The van der Waals surface area contributed by atoms with Gasteiger partial charge in [-0.15, -0.1) is 0 Å². The minimum atomic E-state index is -1.05. The van der Waals surface area contributed by atoms with Gasteiger partial charge in [0.05, 0.1) is 0 Å². The molecule has 0 aliphatic carbocycles. The Morgan fingerprint density at radius 3 is 2.40 bits per heavy atom. The summed E-state index contributed by atoms with van der Waals surface area (Å²) in [5.74, 6) is -2.42. The molecule has 2 aromatic carbocycles. The Balaban J connectivity index is 1.26. The largest absolute Gasteiger partial charge is 0.349 e. The topological polar surface area (TPSA) is 73.5 Å². The zero-order chi connectivity index (χ0) is 21.1. The Morgan fingerprint density at radius 2 is 1.70 bits per heavy atom. The lowest BCUT2D eigenvalue weighted by Crippen LogP contribution is -2.51. The fourth-order valence-corrected chi connectivity index (χ4v) is 3.99. The number of carbonyl (C=O) groups excluding carboxylic acids is 2. The average molecular weight is 414 g/mol. The fraction of sp³-hybridized carbons (Fsp3) is 0.364. The van der Waals surface area contributed by atoms with Gasteiger partial charge >= 0.3 is 0 Å². The summed E-state index contributed by atoms with van der Waals surface area (Å²) in [4.78, 5) is 26.9. The number of carbonyl (C=O) groups is 2. The molecule has 0 spiro atoms. The van der Waals surface area contributed by atoms with Gasteiger partial charge in [-0.1, -0.05) is 30.3 Å². The summed E-state index contributed by atoms with van der Waals surface area (Å²) < 4.78 is 26.4. The van der Waals surface area contributed by atoms with E-state index in [1.807, 2.05) is 35.2 Å². The molecule has 8 heteroatoms. The maximum Gasteiger partial charge on any atom is 0.251 e. The first kappa shape index (κ1) is 20.4. The molecular formula is C22H24F2N4O2. The van der Waals surface area contributed by atoms with E-state index in [1.54, 1.807) is 0 Å². The molecule has 2 amide bonds. The predicted molar refractivity (Wildman–Crippen MR) is 107 cm³/mol. The van der Waals surface area contributed by atoms with Gasteiger partial charge in [-0.05, 0) is 43.0 Å². The van der Waals surface area contributed by atoms with Crippen molar-refractivity contribution in [2.45, 2.75) is 37.4 Å². The maximum atomic E-state index is 13.3. The minimum absolute atomic E-state index is 0.0475. The third-order valence-electron chi connectivity index (χ3n) is 5.73. The SMILES string of the molecule is O=C(NC1CCN(C(=O)C2CC(c3ccccc3)NN2)CC1)c1ccc(F)c(F)c1. The van der Waals surface area contributed by atoms with Crippen molar-refractivity contribution in [1.29, 1.82) is 0 Å². The number of halogens is 2. The van der Waals surface area contributed by atoms with Crippen molar-refractivity contribution < 1.29 is 18.4 Å². The number of piperidine rings is 1. The fourth-order valence-electron chi connectivity index (χ4n) is 3.99. The lowest BCUT2D eigenvalue weighted by Gasteiger charge is -2.33. The van der Waals surface area contributed by atoms with Crippen LogP contribution in [0.25, 0.3) is 0 Å². The Kier molecular flexibility index (Phi) is 6.06. The molecule has 2 aromatic rings. The van der Waals surface area contributed by atoms with Crippen LogP contribution in [0.5, 0.6) is 0 Å². The number of amides is 2. The second-order valence-electron chi connectivity index (χ2n) is 7.74. The monoisotopic (exact) mass is 414 g/mol. The summed E-state index contributed by atoms with van der Waals surface area (Å²) in [6.07, 6.45) is 1.91. The third kappa shape index (κ3) is 4.49. The van der Waals surface area contributed by atoms with Gasteiger partial charge < -0.3 is 10.2 Å². The van der Waals surface area contributed by atoms with Crippen LogP contribution in [-0.2, 0) is 4.79 Å². The lowest BCUT2D eigenvalue weighted by atomic mass is 9.99. The van der Waals surface area contributed by atoms with Crippen molar-refractivity contribution in [1.82, 2.24) is 21.1 Å². The second-order valence-corrected chi connectivity index (χ2v) is 7.74. The molecule has 2 aliphatic heterocycles. The number of rotatable bonds is 4. The van der Waals surface area contributed by atoms with Crippen molar-refractivity contribution in [3.8, 4) is 0 Å². The maximum absolute atomic E-state index is 13.3. The van der Waals surface area contributed by atoms with Crippen LogP contribution in [0.4, 0.5) is 8.78 Å². The summed E-state index contributed by atoms with van der Waals surface area (Å²) in [5.41, 5.74) is 7.51. The van der Waals surface area contributed by atoms with E-state index in [0.29, 0.717) is 32.4 Å². The van der Waals surface area contributed by atoms with Gasteiger partial charge in [-0.3, -0.25) is 9.59 Å². The summed E-state index contributed by atoms with van der Waals surface area (Å²) >= 11 is 0. The van der Waals surface area contributed by atoms with Gasteiger partial charge in [-0.2, -0.15) is 0 Å². The quantitative estimate of drug-likeness (QED) is 0.718. The third-order valence-corrected chi connectivity index (χ3v) is 5.73. The summed E-state index contributed by atoms with van der Waals surface area (Å²) in [6, 6.07) is 12.8. The highest BCUT2D eigenvalue weighted by Gasteiger charge is 2.34. The molecule has 2 heterocycles. The molecule has 30 heavy (non-hydrogen) atoms. The van der Waals surface area contributed by atoms with Crippen molar-refractivity contribution >= 4 is 11.8 Å². The first-order valence-electron chi connectivity index (χ1n) is 10.1. The van der Waals surface area contributed by atoms with Crippen molar-refractivity contribution in [3.05, 3.63) is 71.3 Å². The lowest BCUT2D eigenvalue weighted by molar-refractivity contribution is -0.134. The number of likely N-dealkylation sites (tertiary alicyclic amines) is 1.